The number of carbonyl (C=O) groups is 1. The van der Waals surface area contributed by atoms with Gasteiger partial charge in [-0.3, -0.25) is 4.79 Å². The summed E-state index contributed by atoms with van der Waals surface area (Å²) in [7, 11) is 0. The summed E-state index contributed by atoms with van der Waals surface area (Å²) in [6.07, 6.45) is -0.393. The maximum atomic E-state index is 14.2. The summed E-state index contributed by atoms with van der Waals surface area (Å²) >= 11 is 0. The van der Waals surface area contributed by atoms with Gasteiger partial charge in [-0.1, -0.05) is 12.1 Å². The van der Waals surface area contributed by atoms with E-state index in [0.29, 0.717) is 22.3 Å². The molecule has 2 aromatic rings. The first kappa shape index (κ1) is 16.1. The number of carboxylic acid groups (broad SMARTS) is 1. The maximum absolute atomic E-state index is 14.2. The van der Waals surface area contributed by atoms with E-state index in [1.54, 1.807) is 26.0 Å². The topological polar surface area (TPSA) is 63.3 Å². The number of hydrogen-bond donors (Lipinski definition) is 2. The van der Waals surface area contributed by atoms with Crippen molar-refractivity contribution in [2.45, 2.75) is 26.3 Å². The molecular formula is C17H17F2NO2. The molecule has 0 aliphatic carbocycles. The second kappa shape index (κ2) is 6.23. The Hall–Kier alpha value is -2.27. The predicted molar refractivity (Wildman–Crippen MR) is 80.4 cm³/mol. The molecule has 116 valence electrons. The monoisotopic (exact) mass is 305 g/mol. The molecule has 0 aromatic heterocycles. The number of halogens is 2. The standard InChI is InChI=1S/C17H17F2NO2/c1-9-4-3-5-13(18)16(9)11-6-10(2)17(19)12(7-11)14(20)8-15(21)22/h3-7,14H,8,20H2,1-2H3,(H,21,22). The van der Waals surface area contributed by atoms with E-state index in [4.69, 9.17) is 10.8 Å². The lowest BCUT2D eigenvalue weighted by Crippen LogP contribution is -2.17. The first-order chi connectivity index (χ1) is 10.3. The fraction of sp³-hybridized carbons (Fsp3) is 0.235. The van der Waals surface area contributed by atoms with Gasteiger partial charge in [0.15, 0.2) is 0 Å². The maximum Gasteiger partial charge on any atom is 0.305 e. The molecule has 3 N–H and O–H groups in total. The van der Waals surface area contributed by atoms with Crippen molar-refractivity contribution in [3.05, 3.63) is 58.7 Å². The van der Waals surface area contributed by atoms with E-state index >= 15 is 0 Å². The normalized spacial score (nSPS) is 12.2. The van der Waals surface area contributed by atoms with Gasteiger partial charge >= 0.3 is 5.97 Å². The molecule has 1 atom stereocenters. The lowest BCUT2D eigenvalue weighted by molar-refractivity contribution is -0.137. The number of aryl methyl sites for hydroxylation is 2. The van der Waals surface area contributed by atoms with Crippen LogP contribution in [0.1, 0.15) is 29.2 Å². The molecule has 0 fully saturated rings. The highest BCUT2D eigenvalue weighted by Crippen LogP contribution is 2.32. The number of rotatable bonds is 4. The summed E-state index contributed by atoms with van der Waals surface area (Å²) in [5.74, 6) is -2.08. The van der Waals surface area contributed by atoms with Crippen molar-refractivity contribution in [2.24, 2.45) is 5.73 Å². The third-order valence-corrected chi connectivity index (χ3v) is 3.59. The fourth-order valence-corrected chi connectivity index (χ4v) is 2.51. The number of aliphatic carboxylic acids is 1. The van der Waals surface area contributed by atoms with Crippen LogP contribution in [0.15, 0.2) is 30.3 Å². The molecule has 5 heteroatoms. The van der Waals surface area contributed by atoms with Gasteiger partial charge in [0.2, 0.25) is 0 Å². The average Bonchev–Trinajstić information content (AvgIpc) is 2.41. The molecule has 0 amide bonds. The van der Waals surface area contributed by atoms with Crippen LogP contribution in [0.2, 0.25) is 0 Å². The summed E-state index contributed by atoms with van der Waals surface area (Å²) in [5.41, 5.74) is 7.73. The van der Waals surface area contributed by atoms with Crippen LogP contribution >= 0.6 is 0 Å². The van der Waals surface area contributed by atoms with E-state index < -0.39 is 30.1 Å². The van der Waals surface area contributed by atoms with E-state index in [9.17, 15) is 13.6 Å². The number of benzene rings is 2. The molecule has 0 heterocycles. The van der Waals surface area contributed by atoms with Gasteiger partial charge in [-0.25, -0.2) is 8.78 Å². The third kappa shape index (κ3) is 3.14. The van der Waals surface area contributed by atoms with Crippen molar-refractivity contribution in [3.63, 3.8) is 0 Å². The zero-order valence-electron chi connectivity index (χ0n) is 12.4. The summed E-state index contributed by atoms with van der Waals surface area (Å²) in [5, 5.41) is 8.82. The fourth-order valence-electron chi connectivity index (χ4n) is 2.51. The number of nitrogens with two attached hydrogens (primary N) is 1. The van der Waals surface area contributed by atoms with Gasteiger partial charge in [0.25, 0.3) is 0 Å². The Labute approximate surface area is 127 Å². The molecule has 22 heavy (non-hydrogen) atoms. The van der Waals surface area contributed by atoms with Crippen LogP contribution in [0.25, 0.3) is 11.1 Å². The second-order valence-corrected chi connectivity index (χ2v) is 5.33. The van der Waals surface area contributed by atoms with Crippen molar-refractivity contribution in [3.8, 4) is 11.1 Å². The van der Waals surface area contributed by atoms with Crippen LogP contribution in [0, 0.1) is 25.5 Å². The van der Waals surface area contributed by atoms with Gasteiger partial charge in [-0.05, 0) is 48.7 Å². The quantitative estimate of drug-likeness (QED) is 0.905. The Balaban J connectivity index is 2.60. The Morgan fingerprint density at radius 3 is 2.50 bits per heavy atom. The van der Waals surface area contributed by atoms with Crippen molar-refractivity contribution in [1.82, 2.24) is 0 Å². The highest BCUT2D eigenvalue weighted by atomic mass is 19.1. The summed E-state index contributed by atoms with van der Waals surface area (Å²) in [6.45, 7) is 3.31. The van der Waals surface area contributed by atoms with Gasteiger partial charge in [-0.15, -0.1) is 0 Å². The van der Waals surface area contributed by atoms with Crippen LogP contribution in [0.3, 0.4) is 0 Å². The first-order valence-electron chi connectivity index (χ1n) is 6.84. The van der Waals surface area contributed by atoms with E-state index in [1.807, 2.05) is 0 Å². The second-order valence-electron chi connectivity index (χ2n) is 5.33. The Kier molecular flexibility index (Phi) is 4.56. The zero-order chi connectivity index (χ0) is 16.4. The van der Waals surface area contributed by atoms with Crippen LogP contribution < -0.4 is 5.73 Å². The lowest BCUT2D eigenvalue weighted by atomic mass is 9.93. The molecule has 0 spiro atoms. The van der Waals surface area contributed by atoms with Crippen LogP contribution in [-0.4, -0.2) is 11.1 Å². The van der Waals surface area contributed by atoms with Crippen LogP contribution in [0.4, 0.5) is 8.78 Å². The third-order valence-electron chi connectivity index (χ3n) is 3.59. The van der Waals surface area contributed by atoms with E-state index in [-0.39, 0.29) is 5.56 Å². The van der Waals surface area contributed by atoms with Gasteiger partial charge in [0.1, 0.15) is 11.6 Å². The zero-order valence-corrected chi connectivity index (χ0v) is 12.4. The summed E-state index contributed by atoms with van der Waals surface area (Å²) < 4.78 is 28.3. The molecule has 0 aliphatic heterocycles. The highest BCUT2D eigenvalue weighted by molar-refractivity contribution is 5.71. The van der Waals surface area contributed by atoms with Crippen molar-refractivity contribution < 1.29 is 18.7 Å². The molecule has 0 saturated heterocycles. The van der Waals surface area contributed by atoms with Crippen LogP contribution in [0.5, 0.6) is 0 Å². The molecule has 2 aromatic carbocycles. The van der Waals surface area contributed by atoms with Gasteiger partial charge in [-0.2, -0.15) is 0 Å². The lowest BCUT2D eigenvalue weighted by Gasteiger charge is -2.16. The Morgan fingerprint density at radius 2 is 1.91 bits per heavy atom. The summed E-state index contributed by atoms with van der Waals surface area (Å²) in [4.78, 5) is 10.8. The minimum atomic E-state index is -1.11. The molecule has 1 unspecified atom stereocenters. The van der Waals surface area contributed by atoms with Crippen molar-refractivity contribution >= 4 is 5.97 Å². The predicted octanol–water partition coefficient (Wildman–Crippen LogP) is 3.72. The molecule has 0 saturated carbocycles. The molecule has 0 bridgehead atoms. The van der Waals surface area contributed by atoms with Gasteiger partial charge < -0.3 is 10.8 Å². The largest absolute Gasteiger partial charge is 0.481 e. The minimum Gasteiger partial charge on any atom is -0.481 e. The van der Waals surface area contributed by atoms with E-state index in [1.165, 1.54) is 18.2 Å². The summed E-state index contributed by atoms with van der Waals surface area (Å²) in [6, 6.07) is 6.68. The molecule has 3 nitrogen and oxygen atoms in total. The van der Waals surface area contributed by atoms with Gasteiger partial charge in [0.05, 0.1) is 6.42 Å². The highest BCUT2D eigenvalue weighted by Gasteiger charge is 2.19. The Morgan fingerprint density at radius 1 is 1.23 bits per heavy atom. The van der Waals surface area contributed by atoms with Crippen molar-refractivity contribution in [2.75, 3.05) is 0 Å². The molecule has 0 radical (unpaired) electrons. The van der Waals surface area contributed by atoms with E-state index in [2.05, 4.69) is 0 Å². The molecule has 2 rings (SSSR count). The molecular weight excluding hydrogens is 288 g/mol. The first-order valence-corrected chi connectivity index (χ1v) is 6.84. The number of hydrogen-bond acceptors (Lipinski definition) is 2. The Bertz CT molecular complexity index is 709. The molecule has 0 aliphatic rings. The van der Waals surface area contributed by atoms with Gasteiger partial charge in [0, 0.05) is 17.2 Å². The van der Waals surface area contributed by atoms with Crippen molar-refractivity contribution in [1.29, 1.82) is 0 Å². The SMILES string of the molecule is Cc1cc(-c2c(C)cccc2F)cc(C(N)CC(=O)O)c1F. The van der Waals surface area contributed by atoms with E-state index in [0.717, 1.165) is 0 Å². The smallest absolute Gasteiger partial charge is 0.305 e. The average molecular weight is 305 g/mol. The number of carboxylic acids is 1. The minimum absolute atomic E-state index is 0.0834. The van der Waals surface area contributed by atoms with Crippen LogP contribution in [-0.2, 0) is 4.79 Å².